The summed E-state index contributed by atoms with van der Waals surface area (Å²) in [6.07, 6.45) is 0.986. The Morgan fingerprint density at radius 2 is 2.08 bits per heavy atom. The third-order valence-corrected chi connectivity index (χ3v) is 4.33. The number of hydrogen-bond donors (Lipinski definition) is 1. The first-order chi connectivity index (χ1) is 11.6. The molecular formula is C16H22N4O3S. The molecule has 0 aliphatic rings. The predicted molar refractivity (Wildman–Crippen MR) is 93.9 cm³/mol. The van der Waals surface area contributed by atoms with Gasteiger partial charge in [-0.05, 0) is 25.5 Å². The number of aromatic nitrogens is 3. The van der Waals surface area contributed by atoms with Crippen molar-refractivity contribution in [3.05, 3.63) is 24.0 Å². The van der Waals surface area contributed by atoms with Crippen LogP contribution >= 0.6 is 11.8 Å². The van der Waals surface area contributed by atoms with E-state index < -0.39 is 0 Å². The number of ether oxygens (including phenoxy) is 2. The number of anilines is 1. The second-order valence-electron chi connectivity index (χ2n) is 5.08. The quantitative estimate of drug-likeness (QED) is 0.738. The Kier molecular flexibility index (Phi) is 6.48. The fourth-order valence-corrected chi connectivity index (χ4v) is 2.99. The zero-order chi connectivity index (χ0) is 17.5. The molecule has 0 atom stereocenters. The Bertz CT molecular complexity index is 703. The van der Waals surface area contributed by atoms with Gasteiger partial charge in [-0.1, -0.05) is 18.7 Å². The van der Waals surface area contributed by atoms with Crippen LogP contribution < -0.4 is 14.8 Å². The summed E-state index contributed by atoms with van der Waals surface area (Å²) in [6, 6.07) is 5.26. The fraction of sp³-hybridized carbons (Fsp3) is 0.438. The minimum atomic E-state index is -0.143. The largest absolute Gasteiger partial charge is 0.497 e. The van der Waals surface area contributed by atoms with Crippen LogP contribution in [0.3, 0.4) is 0 Å². The van der Waals surface area contributed by atoms with Gasteiger partial charge in [0.15, 0.2) is 5.16 Å². The van der Waals surface area contributed by atoms with E-state index in [0.717, 1.165) is 23.9 Å². The van der Waals surface area contributed by atoms with Gasteiger partial charge in [-0.15, -0.1) is 10.2 Å². The van der Waals surface area contributed by atoms with Gasteiger partial charge in [-0.2, -0.15) is 0 Å². The number of rotatable bonds is 8. The van der Waals surface area contributed by atoms with Gasteiger partial charge >= 0.3 is 0 Å². The lowest BCUT2D eigenvalue weighted by molar-refractivity contribution is -0.113. The predicted octanol–water partition coefficient (Wildman–Crippen LogP) is 2.74. The minimum absolute atomic E-state index is 0.143. The van der Waals surface area contributed by atoms with E-state index in [1.54, 1.807) is 32.4 Å². The smallest absolute Gasteiger partial charge is 0.234 e. The molecule has 0 fully saturated rings. The summed E-state index contributed by atoms with van der Waals surface area (Å²) in [5, 5.41) is 11.8. The minimum Gasteiger partial charge on any atom is -0.497 e. The summed E-state index contributed by atoms with van der Waals surface area (Å²) >= 11 is 1.36. The normalized spacial score (nSPS) is 10.5. The zero-order valence-corrected chi connectivity index (χ0v) is 15.1. The van der Waals surface area contributed by atoms with Crippen LogP contribution in [0.25, 0.3) is 0 Å². The van der Waals surface area contributed by atoms with E-state index in [1.165, 1.54) is 11.8 Å². The summed E-state index contributed by atoms with van der Waals surface area (Å²) in [7, 11) is 3.13. The molecule has 0 saturated heterocycles. The zero-order valence-electron chi connectivity index (χ0n) is 14.3. The third kappa shape index (κ3) is 4.41. The molecule has 1 amide bonds. The number of thioether (sulfide) groups is 1. The molecule has 0 aliphatic carbocycles. The maximum Gasteiger partial charge on any atom is 0.234 e. The van der Waals surface area contributed by atoms with Gasteiger partial charge in [-0.25, -0.2) is 0 Å². The SMILES string of the molecule is CCCn1c(C)nnc1SCC(=O)Nc1cc(OC)ccc1OC. The van der Waals surface area contributed by atoms with E-state index in [2.05, 4.69) is 22.4 Å². The van der Waals surface area contributed by atoms with E-state index in [4.69, 9.17) is 9.47 Å². The van der Waals surface area contributed by atoms with Crippen LogP contribution in [0.1, 0.15) is 19.2 Å². The molecule has 24 heavy (non-hydrogen) atoms. The third-order valence-electron chi connectivity index (χ3n) is 3.36. The van der Waals surface area contributed by atoms with Crippen LogP contribution in [-0.4, -0.2) is 40.6 Å². The van der Waals surface area contributed by atoms with Crippen molar-refractivity contribution in [3.63, 3.8) is 0 Å². The number of amides is 1. The van der Waals surface area contributed by atoms with Crippen molar-refractivity contribution in [1.29, 1.82) is 0 Å². The van der Waals surface area contributed by atoms with Gasteiger partial charge < -0.3 is 19.4 Å². The Morgan fingerprint density at radius 3 is 2.75 bits per heavy atom. The average molecular weight is 350 g/mol. The van der Waals surface area contributed by atoms with Crippen LogP contribution in [0.2, 0.25) is 0 Å². The van der Waals surface area contributed by atoms with E-state index in [1.807, 2.05) is 11.5 Å². The molecule has 2 rings (SSSR count). The van der Waals surface area contributed by atoms with Crippen LogP contribution in [0, 0.1) is 6.92 Å². The summed E-state index contributed by atoms with van der Waals surface area (Å²) in [6.45, 7) is 4.84. The number of methoxy groups -OCH3 is 2. The monoisotopic (exact) mass is 350 g/mol. The van der Waals surface area contributed by atoms with E-state index in [9.17, 15) is 4.79 Å². The number of nitrogens with zero attached hydrogens (tertiary/aromatic N) is 3. The Labute approximate surface area is 145 Å². The molecule has 130 valence electrons. The number of aryl methyl sites for hydroxylation is 1. The van der Waals surface area contributed by atoms with Crippen LogP contribution in [0.5, 0.6) is 11.5 Å². The molecule has 2 aromatic rings. The van der Waals surface area contributed by atoms with Gasteiger partial charge in [0.25, 0.3) is 0 Å². The van der Waals surface area contributed by atoms with E-state index in [-0.39, 0.29) is 11.7 Å². The molecule has 0 radical (unpaired) electrons. The molecule has 8 heteroatoms. The highest BCUT2D eigenvalue weighted by atomic mass is 32.2. The Balaban J connectivity index is 2.01. The summed E-state index contributed by atoms with van der Waals surface area (Å²) in [5.74, 6) is 2.18. The molecule has 1 heterocycles. The second-order valence-corrected chi connectivity index (χ2v) is 6.03. The van der Waals surface area contributed by atoms with Crippen LogP contribution in [0.15, 0.2) is 23.4 Å². The van der Waals surface area contributed by atoms with Crippen LogP contribution in [-0.2, 0) is 11.3 Å². The number of carbonyl (C=O) groups is 1. The lowest BCUT2D eigenvalue weighted by Crippen LogP contribution is -2.15. The standard InChI is InChI=1S/C16H22N4O3S/c1-5-8-20-11(2)18-19-16(20)24-10-15(21)17-13-9-12(22-3)6-7-14(13)23-4/h6-7,9H,5,8,10H2,1-4H3,(H,17,21). The van der Waals surface area contributed by atoms with Crippen LogP contribution in [0.4, 0.5) is 5.69 Å². The highest BCUT2D eigenvalue weighted by molar-refractivity contribution is 7.99. The highest BCUT2D eigenvalue weighted by Gasteiger charge is 2.13. The van der Waals surface area contributed by atoms with Gasteiger partial charge in [0.2, 0.25) is 5.91 Å². The maximum absolute atomic E-state index is 12.2. The van der Waals surface area contributed by atoms with E-state index in [0.29, 0.717) is 17.2 Å². The highest BCUT2D eigenvalue weighted by Crippen LogP contribution is 2.29. The lowest BCUT2D eigenvalue weighted by atomic mass is 10.2. The fourth-order valence-electron chi connectivity index (χ4n) is 2.18. The summed E-state index contributed by atoms with van der Waals surface area (Å²) in [4.78, 5) is 12.2. The van der Waals surface area contributed by atoms with Gasteiger partial charge in [0.1, 0.15) is 17.3 Å². The average Bonchev–Trinajstić information content (AvgIpc) is 2.93. The molecule has 0 bridgehead atoms. The lowest BCUT2D eigenvalue weighted by Gasteiger charge is -2.11. The maximum atomic E-state index is 12.2. The number of carbonyl (C=O) groups excluding carboxylic acids is 1. The van der Waals surface area contributed by atoms with E-state index >= 15 is 0 Å². The van der Waals surface area contributed by atoms with Crippen molar-refractivity contribution >= 4 is 23.4 Å². The Morgan fingerprint density at radius 1 is 1.29 bits per heavy atom. The molecule has 1 aromatic carbocycles. The molecule has 7 nitrogen and oxygen atoms in total. The molecule has 1 aromatic heterocycles. The van der Waals surface area contributed by atoms with Gasteiger partial charge in [-0.3, -0.25) is 4.79 Å². The summed E-state index contributed by atoms with van der Waals surface area (Å²) in [5.41, 5.74) is 0.577. The van der Waals surface area contributed by atoms with Crippen molar-refractivity contribution in [3.8, 4) is 11.5 Å². The van der Waals surface area contributed by atoms with Crippen molar-refractivity contribution in [2.45, 2.75) is 32.0 Å². The molecule has 0 aliphatic heterocycles. The van der Waals surface area contributed by atoms with Crippen molar-refractivity contribution < 1.29 is 14.3 Å². The second kappa shape index (κ2) is 8.58. The molecule has 0 spiro atoms. The first kappa shape index (κ1) is 18.1. The van der Waals surface area contributed by atoms with Crippen molar-refractivity contribution in [2.75, 3.05) is 25.3 Å². The first-order valence-corrected chi connectivity index (χ1v) is 8.62. The van der Waals surface area contributed by atoms with Gasteiger partial charge in [0, 0.05) is 12.6 Å². The van der Waals surface area contributed by atoms with Crippen molar-refractivity contribution in [1.82, 2.24) is 14.8 Å². The molecular weight excluding hydrogens is 328 g/mol. The molecule has 1 N–H and O–H groups in total. The number of hydrogen-bond acceptors (Lipinski definition) is 6. The van der Waals surface area contributed by atoms with Crippen molar-refractivity contribution in [2.24, 2.45) is 0 Å². The molecule has 0 saturated carbocycles. The molecule has 0 unspecified atom stereocenters. The Hall–Kier alpha value is -2.22. The number of benzene rings is 1. The number of nitrogens with one attached hydrogen (secondary N) is 1. The topological polar surface area (TPSA) is 78.3 Å². The first-order valence-electron chi connectivity index (χ1n) is 7.63. The van der Waals surface area contributed by atoms with Gasteiger partial charge in [0.05, 0.1) is 25.7 Å². The summed E-state index contributed by atoms with van der Waals surface area (Å²) < 4.78 is 12.5.